The lowest BCUT2D eigenvalue weighted by molar-refractivity contribution is 0.577. The number of hydrazine groups is 2. The van der Waals surface area contributed by atoms with Crippen LogP contribution in [0.5, 0.6) is 0 Å². The van der Waals surface area contributed by atoms with Gasteiger partial charge in [-0.05, 0) is 47.7 Å². The monoisotopic (exact) mass is 346 g/mol. The van der Waals surface area contributed by atoms with Gasteiger partial charge in [0.2, 0.25) is 0 Å². The number of aryl methyl sites for hydroxylation is 1. The molecule has 0 bridgehead atoms. The number of nitrogens with one attached hydrogen (secondary N) is 3. The molecule has 2 aromatic carbocycles. The lowest BCUT2D eigenvalue weighted by Crippen LogP contribution is -2.35. The van der Waals surface area contributed by atoms with Crippen molar-refractivity contribution in [3.05, 3.63) is 72.3 Å². The fraction of sp³-hybridized carbons (Fsp3) is 0.200. The molecule has 1 aliphatic rings. The Labute approximate surface area is 152 Å². The zero-order chi connectivity index (χ0) is 17.8. The summed E-state index contributed by atoms with van der Waals surface area (Å²) in [6.45, 7) is 2.22. The lowest BCUT2D eigenvalue weighted by atomic mass is 9.94. The lowest BCUT2D eigenvalue weighted by Gasteiger charge is -2.13. The maximum atomic E-state index is 4.21. The Morgan fingerprint density at radius 1 is 1.04 bits per heavy atom. The van der Waals surface area contributed by atoms with Gasteiger partial charge in [-0.2, -0.15) is 0 Å². The van der Waals surface area contributed by atoms with Crippen LogP contribution in [0.2, 0.25) is 0 Å². The molecule has 0 fully saturated rings. The third kappa shape index (κ3) is 3.32. The van der Waals surface area contributed by atoms with Gasteiger partial charge in [0.15, 0.2) is 5.84 Å². The van der Waals surface area contributed by atoms with Gasteiger partial charge in [-0.3, -0.25) is 5.43 Å². The summed E-state index contributed by atoms with van der Waals surface area (Å²) in [5.74, 6) is 0.810. The van der Waals surface area contributed by atoms with E-state index < -0.39 is 0 Å². The normalized spacial score (nSPS) is 13.2. The highest BCUT2D eigenvalue weighted by atomic mass is 15.8. The molecule has 0 spiro atoms. The molecule has 3 N–H and O–H groups in total. The quantitative estimate of drug-likeness (QED) is 0.641. The Kier molecular flexibility index (Phi) is 4.66. The average molecular weight is 346 g/mol. The molecule has 0 saturated heterocycles. The van der Waals surface area contributed by atoms with Crippen LogP contribution < -0.4 is 16.5 Å². The second kappa shape index (κ2) is 7.41. The van der Waals surface area contributed by atoms with Gasteiger partial charge in [0, 0.05) is 23.6 Å². The standard InChI is InChI=1S/C20H22N6/c1-2-3-4-16-13-17(20-22-24-25-23-20)7-10-19(16)15-5-8-18(9-6-15)26-12-11-21-14-26/h5-14,24-25H,2-4H2,1H3,(H,22,23). The van der Waals surface area contributed by atoms with Crippen LogP contribution >= 0.6 is 0 Å². The van der Waals surface area contributed by atoms with E-state index in [1.165, 1.54) is 29.5 Å². The summed E-state index contributed by atoms with van der Waals surface area (Å²) in [5, 5.41) is 4.21. The topological polar surface area (TPSA) is 66.3 Å². The van der Waals surface area contributed by atoms with Crippen molar-refractivity contribution < 1.29 is 0 Å². The molecular formula is C20H22N6. The van der Waals surface area contributed by atoms with Crippen LogP contribution in [-0.2, 0) is 6.42 Å². The van der Waals surface area contributed by atoms with E-state index in [1.807, 2.05) is 17.1 Å². The minimum atomic E-state index is 0.810. The van der Waals surface area contributed by atoms with E-state index in [1.54, 1.807) is 6.20 Å². The van der Waals surface area contributed by atoms with E-state index in [0.717, 1.165) is 23.5 Å². The van der Waals surface area contributed by atoms with Crippen molar-refractivity contribution in [1.29, 1.82) is 0 Å². The molecule has 0 atom stereocenters. The van der Waals surface area contributed by atoms with Crippen molar-refractivity contribution >= 4 is 5.84 Å². The molecule has 3 aromatic rings. The highest BCUT2D eigenvalue weighted by Gasteiger charge is 2.12. The fourth-order valence-corrected chi connectivity index (χ4v) is 3.16. The number of hydrogen-bond donors (Lipinski definition) is 3. The highest BCUT2D eigenvalue weighted by Crippen LogP contribution is 2.27. The van der Waals surface area contributed by atoms with Crippen molar-refractivity contribution in [3.8, 4) is 16.8 Å². The molecule has 6 nitrogen and oxygen atoms in total. The molecule has 2 heterocycles. The Morgan fingerprint density at radius 3 is 2.58 bits per heavy atom. The minimum absolute atomic E-state index is 0.810. The van der Waals surface area contributed by atoms with E-state index in [2.05, 4.69) is 76.0 Å². The second-order valence-corrected chi connectivity index (χ2v) is 6.31. The molecule has 0 amide bonds. The number of amidine groups is 1. The first-order valence-electron chi connectivity index (χ1n) is 8.91. The smallest absolute Gasteiger partial charge is 0.170 e. The summed E-state index contributed by atoms with van der Waals surface area (Å²) in [6.07, 6.45) is 8.95. The Bertz CT molecular complexity index is 897. The zero-order valence-corrected chi connectivity index (χ0v) is 14.7. The number of benzene rings is 2. The van der Waals surface area contributed by atoms with Crippen LogP contribution in [0.1, 0.15) is 30.9 Å². The number of hydrogen-bond acceptors (Lipinski definition) is 5. The SMILES string of the molecule is CCCCc1cc(C2=NNNN2)ccc1-c1ccc(-n2ccnc2)cc1. The number of unbranched alkanes of at least 4 members (excludes halogenated alkanes) is 1. The molecule has 0 radical (unpaired) electrons. The van der Waals surface area contributed by atoms with Gasteiger partial charge in [-0.15, -0.1) is 10.6 Å². The van der Waals surface area contributed by atoms with Crippen LogP contribution in [0, 0.1) is 0 Å². The Balaban J connectivity index is 1.67. The average Bonchev–Trinajstić information content (AvgIpc) is 3.40. The van der Waals surface area contributed by atoms with Crippen molar-refractivity contribution in [2.75, 3.05) is 0 Å². The Hall–Kier alpha value is -3.12. The van der Waals surface area contributed by atoms with Crippen molar-refractivity contribution in [2.45, 2.75) is 26.2 Å². The third-order valence-electron chi connectivity index (χ3n) is 4.56. The molecule has 4 rings (SSSR count). The van der Waals surface area contributed by atoms with Gasteiger partial charge >= 0.3 is 0 Å². The van der Waals surface area contributed by atoms with Crippen LogP contribution in [0.15, 0.2) is 66.3 Å². The van der Waals surface area contributed by atoms with E-state index in [9.17, 15) is 0 Å². The van der Waals surface area contributed by atoms with E-state index in [4.69, 9.17) is 0 Å². The third-order valence-corrected chi connectivity index (χ3v) is 4.56. The number of nitrogens with zero attached hydrogens (tertiary/aromatic N) is 3. The van der Waals surface area contributed by atoms with Gasteiger partial charge in [-0.1, -0.05) is 37.6 Å². The first-order chi connectivity index (χ1) is 12.8. The number of hydrazone groups is 1. The van der Waals surface area contributed by atoms with E-state index in [-0.39, 0.29) is 0 Å². The first-order valence-corrected chi connectivity index (χ1v) is 8.91. The van der Waals surface area contributed by atoms with Gasteiger partial charge in [0.25, 0.3) is 0 Å². The predicted octanol–water partition coefficient (Wildman–Crippen LogP) is 3.16. The van der Waals surface area contributed by atoms with Crippen molar-refractivity contribution in [1.82, 2.24) is 26.0 Å². The van der Waals surface area contributed by atoms with Crippen molar-refractivity contribution in [2.24, 2.45) is 5.10 Å². The maximum absolute atomic E-state index is 4.21. The van der Waals surface area contributed by atoms with E-state index in [0.29, 0.717) is 0 Å². The molecule has 0 saturated carbocycles. The van der Waals surface area contributed by atoms with Gasteiger partial charge in [0.1, 0.15) is 0 Å². The van der Waals surface area contributed by atoms with Gasteiger partial charge in [-0.25, -0.2) is 10.5 Å². The summed E-state index contributed by atoms with van der Waals surface area (Å²) in [7, 11) is 0. The maximum Gasteiger partial charge on any atom is 0.170 e. The summed E-state index contributed by atoms with van der Waals surface area (Å²) in [4.78, 5) is 4.11. The molecule has 26 heavy (non-hydrogen) atoms. The molecule has 0 unspecified atom stereocenters. The van der Waals surface area contributed by atoms with Crippen LogP contribution in [0.3, 0.4) is 0 Å². The fourth-order valence-electron chi connectivity index (χ4n) is 3.16. The van der Waals surface area contributed by atoms with Crippen LogP contribution in [0.25, 0.3) is 16.8 Å². The molecule has 6 heteroatoms. The second-order valence-electron chi connectivity index (χ2n) is 6.31. The number of rotatable bonds is 6. The molecular weight excluding hydrogens is 324 g/mol. The van der Waals surface area contributed by atoms with Crippen molar-refractivity contribution in [3.63, 3.8) is 0 Å². The van der Waals surface area contributed by atoms with Gasteiger partial charge < -0.3 is 4.57 Å². The largest absolute Gasteiger partial charge is 0.306 e. The summed E-state index contributed by atoms with van der Waals surface area (Å²) in [6, 6.07) is 15.1. The van der Waals surface area contributed by atoms with Crippen LogP contribution in [-0.4, -0.2) is 15.4 Å². The number of aromatic nitrogens is 2. The molecule has 0 aliphatic carbocycles. The highest BCUT2D eigenvalue weighted by molar-refractivity contribution is 5.99. The molecule has 1 aromatic heterocycles. The first kappa shape index (κ1) is 16.4. The molecule has 1 aliphatic heterocycles. The predicted molar refractivity (Wildman–Crippen MR) is 104 cm³/mol. The summed E-state index contributed by atoms with van der Waals surface area (Å²) in [5.41, 5.74) is 14.6. The summed E-state index contributed by atoms with van der Waals surface area (Å²) < 4.78 is 2.01. The van der Waals surface area contributed by atoms with E-state index >= 15 is 0 Å². The molecule has 132 valence electrons. The zero-order valence-electron chi connectivity index (χ0n) is 14.7. The van der Waals surface area contributed by atoms with Crippen LogP contribution in [0.4, 0.5) is 0 Å². The van der Waals surface area contributed by atoms with Gasteiger partial charge in [0.05, 0.1) is 6.33 Å². The summed E-state index contributed by atoms with van der Waals surface area (Å²) >= 11 is 0. The minimum Gasteiger partial charge on any atom is -0.306 e. The Morgan fingerprint density at radius 2 is 1.88 bits per heavy atom. The number of imidazole rings is 1.